The van der Waals surface area contributed by atoms with Crippen molar-refractivity contribution in [2.45, 2.75) is 25.7 Å². The van der Waals surface area contributed by atoms with Crippen LogP contribution in [0.15, 0.2) is 28.7 Å². The molecule has 0 aromatic heterocycles. The molecule has 0 atom stereocenters. The van der Waals surface area contributed by atoms with E-state index < -0.39 is 5.97 Å². The molecule has 5 nitrogen and oxygen atoms in total. The quantitative estimate of drug-likeness (QED) is 0.675. The fraction of sp³-hybridized carbons (Fsp3) is 0.429. The van der Waals surface area contributed by atoms with Gasteiger partial charge in [0.25, 0.3) is 5.91 Å². The standard InChI is InChI=1S/C14H18BrNO4/c15-11-5-4-6-12(9-11)20-10-13(17)16-8-3-1-2-7-14(18)19/h4-6,9H,1-3,7-8,10H2,(H,16,17)(H,18,19). The first-order valence-corrected chi connectivity index (χ1v) is 7.24. The summed E-state index contributed by atoms with van der Waals surface area (Å²) in [6.45, 7) is 0.520. The summed E-state index contributed by atoms with van der Waals surface area (Å²) in [5.74, 6) is -0.323. The van der Waals surface area contributed by atoms with Crippen molar-refractivity contribution >= 4 is 27.8 Å². The highest BCUT2D eigenvalue weighted by Crippen LogP contribution is 2.17. The molecule has 110 valence electrons. The van der Waals surface area contributed by atoms with Crippen molar-refractivity contribution in [2.75, 3.05) is 13.2 Å². The highest BCUT2D eigenvalue weighted by atomic mass is 79.9. The van der Waals surface area contributed by atoms with Crippen molar-refractivity contribution in [1.29, 1.82) is 0 Å². The second kappa shape index (κ2) is 9.36. The van der Waals surface area contributed by atoms with E-state index in [1.807, 2.05) is 12.1 Å². The minimum atomic E-state index is -0.781. The summed E-state index contributed by atoms with van der Waals surface area (Å²) in [5, 5.41) is 11.2. The van der Waals surface area contributed by atoms with Gasteiger partial charge in [0.15, 0.2) is 6.61 Å². The lowest BCUT2D eigenvalue weighted by Crippen LogP contribution is -2.29. The van der Waals surface area contributed by atoms with E-state index in [1.54, 1.807) is 12.1 Å². The van der Waals surface area contributed by atoms with Gasteiger partial charge >= 0.3 is 5.97 Å². The lowest BCUT2D eigenvalue weighted by molar-refractivity contribution is -0.137. The van der Waals surface area contributed by atoms with Gasteiger partial charge in [-0.15, -0.1) is 0 Å². The summed E-state index contributed by atoms with van der Waals surface area (Å²) < 4.78 is 6.24. The van der Waals surface area contributed by atoms with Crippen LogP contribution in [0.4, 0.5) is 0 Å². The van der Waals surface area contributed by atoms with Crippen LogP contribution >= 0.6 is 15.9 Å². The molecule has 1 aromatic rings. The molecular formula is C14H18BrNO4. The number of aliphatic carboxylic acids is 1. The van der Waals surface area contributed by atoms with Gasteiger partial charge in [-0.2, -0.15) is 0 Å². The van der Waals surface area contributed by atoms with E-state index in [4.69, 9.17) is 9.84 Å². The number of carboxylic acids is 1. The number of hydrogen-bond donors (Lipinski definition) is 2. The van der Waals surface area contributed by atoms with Gasteiger partial charge < -0.3 is 15.2 Å². The van der Waals surface area contributed by atoms with Crippen LogP contribution in [0, 0.1) is 0 Å². The third kappa shape index (κ3) is 7.78. The number of hydrogen-bond acceptors (Lipinski definition) is 3. The lowest BCUT2D eigenvalue weighted by Gasteiger charge is -2.07. The third-order valence-electron chi connectivity index (χ3n) is 2.56. The topological polar surface area (TPSA) is 75.6 Å². The van der Waals surface area contributed by atoms with E-state index >= 15 is 0 Å². The number of carbonyl (C=O) groups is 2. The van der Waals surface area contributed by atoms with E-state index in [0.717, 1.165) is 17.3 Å². The molecule has 0 fully saturated rings. The molecule has 0 aliphatic rings. The van der Waals surface area contributed by atoms with Gasteiger partial charge in [0.05, 0.1) is 0 Å². The zero-order chi connectivity index (χ0) is 14.8. The maximum Gasteiger partial charge on any atom is 0.303 e. The fourth-order valence-electron chi connectivity index (χ4n) is 1.56. The molecule has 0 spiro atoms. The van der Waals surface area contributed by atoms with Crippen LogP contribution in [0.1, 0.15) is 25.7 Å². The number of ether oxygens (including phenoxy) is 1. The number of amides is 1. The Morgan fingerprint density at radius 3 is 2.75 bits per heavy atom. The molecule has 0 saturated carbocycles. The largest absolute Gasteiger partial charge is 0.484 e. The summed E-state index contributed by atoms with van der Waals surface area (Å²) in [6, 6.07) is 7.28. The minimum Gasteiger partial charge on any atom is -0.484 e. The summed E-state index contributed by atoms with van der Waals surface area (Å²) in [7, 11) is 0. The van der Waals surface area contributed by atoms with Gasteiger partial charge in [0.2, 0.25) is 0 Å². The molecule has 0 radical (unpaired) electrons. The Bertz CT molecular complexity index is 451. The molecule has 1 rings (SSSR count). The Hall–Kier alpha value is -1.56. The van der Waals surface area contributed by atoms with Crippen LogP contribution in [0.25, 0.3) is 0 Å². The SMILES string of the molecule is O=C(O)CCCCCNC(=O)COc1cccc(Br)c1. The van der Waals surface area contributed by atoms with E-state index in [1.165, 1.54) is 0 Å². The van der Waals surface area contributed by atoms with Crippen molar-refractivity contribution < 1.29 is 19.4 Å². The van der Waals surface area contributed by atoms with Crippen molar-refractivity contribution in [3.8, 4) is 5.75 Å². The van der Waals surface area contributed by atoms with Gasteiger partial charge in [-0.3, -0.25) is 9.59 Å². The Labute approximate surface area is 126 Å². The first kappa shape index (κ1) is 16.5. The second-order valence-electron chi connectivity index (χ2n) is 4.30. The molecule has 0 bridgehead atoms. The van der Waals surface area contributed by atoms with Crippen molar-refractivity contribution in [1.82, 2.24) is 5.32 Å². The highest BCUT2D eigenvalue weighted by molar-refractivity contribution is 9.10. The molecule has 2 N–H and O–H groups in total. The van der Waals surface area contributed by atoms with Gasteiger partial charge in [-0.05, 0) is 31.0 Å². The number of carbonyl (C=O) groups excluding carboxylic acids is 1. The summed E-state index contributed by atoms with van der Waals surface area (Å²) in [4.78, 5) is 21.8. The number of rotatable bonds is 9. The van der Waals surface area contributed by atoms with E-state index in [9.17, 15) is 9.59 Å². The first-order valence-electron chi connectivity index (χ1n) is 6.45. The highest BCUT2D eigenvalue weighted by Gasteiger charge is 2.03. The number of unbranched alkanes of at least 4 members (excludes halogenated alkanes) is 2. The zero-order valence-electron chi connectivity index (χ0n) is 11.1. The first-order chi connectivity index (χ1) is 9.58. The Morgan fingerprint density at radius 1 is 1.25 bits per heavy atom. The zero-order valence-corrected chi connectivity index (χ0v) is 12.7. The van der Waals surface area contributed by atoms with Crippen molar-refractivity contribution in [3.05, 3.63) is 28.7 Å². The van der Waals surface area contributed by atoms with Crippen molar-refractivity contribution in [3.63, 3.8) is 0 Å². The fourth-order valence-corrected chi connectivity index (χ4v) is 1.94. The summed E-state index contributed by atoms with van der Waals surface area (Å²) in [5.41, 5.74) is 0. The Morgan fingerprint density at radius 2 is 2.05 bits per heavy atom. The van der Waals surface area contributed by atoms with Crippen LogP contribution in [0.2, 0.25) is 0 Å². The normalized spacial score (nSPS) is 10.1. The lowest BCUT2D eigenvalue weighted by atomic mass is 10.2. The smallest absolute Gasteiger partial charge is 0.303 e. The molecule has 6 heteroatoms. The molecule has 1 aromatic carbocycles. The molecule has 0 saturated heterocycles. The van der Waals surface area contributed by atoms with Crippen molar-refractivity contribution in [2.24, 2.45) is 0 Å². The number of nitrogens with one attached hydrogen (secondary N) is 1. The van der Waals surface area contributed by atoms with E-state index in [-0.39, 0.29) is 18.9 Å². The van der Waals surface area contributed by atoms with Gasteiger partial charge in [-0.1, -0.05) is 28.4 Å². The van der Waals surface area contributed by atoms with Gasteiger partial charge in [-0.25, -0.2) is 0 Å². The molecule has 20 heavy (non-hydrogen) atoms. The number of halogens is 1. The monoisotopic (exact) mass is 343 g/mol. The predicted molar refractivity (Wildman–Crippen MR) is 78.8 cm³/mol. The summed E-state index contributed by atoms with van der Waals surface area (Å²) >= 11 is 3.32. The molecule has 0 aliphatic heterocycles. The number of benzene rings is 1. The molecule has 1 amide bonds. The van der Waals surface area contributed by atoms with Crippen LogP contribution in [0.3, 0.4) is 0 Å². The molecule has 0 unspecified atom stereocenters. The average Bonchev–Trinajstić information content (AvgIpc) is 2.40. The molecule has 0 aliphatic carbocycles. The molecular weight excluding hydrogens is 326 g/mol. The Kier molecular flexibility index (Phi) is 7.72. The summed E-state index contributed by atoms with van der Waals surface area (Å²) in [6.07, 6.45) is 2.38. The third-order valence-corrected chi connectivity index (χ3v) is 3.05. The minimum absolute atomic E-state index is 0.0222. The molecule has 0 heterocycles. The maximum absolute atomic E-state index is 11.5. The maximum atomic E-state index is 11.5. The van der Waals surface area contributed by atoms with Crippen LogP contribution in [-0.4, -0.2) is 30.1 Å². The van der Waals surface area contributed by atoms with E-state index in [2.05, 4.69) is 21.2 Å². The van der Waals surface area contributed by atoms with Crippen LogP contribution in [0.5, 0.6) is 5.75 Å². The van der Waals surface area contributed by atoms with Crippen LogP contribution < -0.4 is 10.1 Å². The van der Waals surface area contributed by atoms with Crippen LogP contribution in [-0.2, 0) is 9.59 Å². The van der Waals surface area contributed by atoms with E-state index in [0.29, 0.717) is 18.7 Å². The second-order valence-corrected chi connectivity index (χ2v) is 5.22. The average molecular weight is 344 g/mol. The predicted octanol–water partition coefficient (Wildman–Crippen LogP) is 2.59. The Balaban J connectivity index is 2.07. The number of carboxylic acid groups (broad SMARTS) is 1. The van der Waals surface area contributed by atoms with Gasteiger partial charge in [0.1, 0.15) is 5.75 Å². The van der Waals surface area contributed by atoms with Gasteiger partial charge in [0, 0.05) is 17.4 Å².